The van der Waals surface area contributed by atoms with E-state index in [2.05, 4.69) is 0 Å². The molecule has 0 fully saturated rings. The van der Waals surface area contributed by atoms with E-state index < -0.39 is 26.1 Å². The van der Waals surface area contributed by atoms with Gasteiger partial charge in [-0.25, -0.2) is 0 Å². The molecule has 0 heterocycles. The topological polar surface area (TPSA) is 101 Å². The maximum atomic E-state index is 12.9. The molecule has 0 aliphatic carbocycles. The molecule has 0 saturated carbocycles. The Balaban J connectivity index is 0.000000240. The summed E-state index contributed by atoms with van der Waals surface area (Å²) in [4.78, 5) is 33.9. The molecule has 234 valence electrons. The smallest absolute Gasteiger partial charge is 0.336 e. The van der Waals surface area contributed by atoms with E-state index in [1.165, 1.54) is 0 Å². The second kappa shape index (κ2) is 14.8. The zero-order valence-corrected chi connectivity index (χ0v) is 28.7. The van der Waals surface area contributed by atoms with E-state index in [4.69, 9.17) is 4.52 Å². The minimum Gasteiger partial charge on any atom is -0.336 e. The second-order valence-electron chi connectivity index (χ2n) is 11.2. The lowest BCUT2D eigenvalue weighted by Crippen LogP contribution is -2.18. The van der Waals surface area contributed by atoms with Crippen molar-refractivity contribution in [3.63, 3.8) is 0 Å². The zero-order valence-electron chi connectivity index (χ0n) is 26.9. The van der Waals surface area contributed by atoms with Crippen molar-refractivity contribution in [2.45, 2.75) is 67.5 Å². The number of hydrogen-bond donors (Lipinski definition) is 2. The fourth-order valence-electron chi connectivity index (χ4n) is 5.92. The summed E-state index contributed by atoms with van der Waals surface area (Å²) in [5.74, 6) is 0. The highest BCUT2D eigenvalue weighted by Crippen LogP contribution is 2.60. The van der Waals surface area contributed by atoms with Crippen LogP contribution in [-0.2, 0) is 20.1 Å². The molecule has 0 amide bonds. The molecule has 8 heteroatoms. The lowest BCUT2D eigenvalue weighted by Gasteiger charge is -2.26. The lowest BCUT2D eigenvalue weighted by molar-refractivity contribution is 0.106. The lowest BCUT2D eigenvalue weighted by atomic mass is 9.94. The van der Waals surface area contributed by atoms with Crippen LogP contribution in [0.15, 0.2) is 78.9 Å². The molecule has 0 radical (unpaired) electrons. The van der Waals surface area contributed by atoms with E-state index in [1.54, 1.807) is 39.0 Å². The fraction of sp³-hybridized carbons (Fsp3) is 0.306. The Bertz CT molecular complexity index is 1680. The number of carbonyl (C=O) groups excluding carboxylic acids is 1. The molecule has 4 aromatic carbocycles. The first-order valence-corrected chi connectivity index (χ1v) is 18.1. The average molecular weight is 635 g/mol. The molecule has 0 saturated heterocycles. The fourth-order valence-corrected chi connectivity index (χ4v) is 9.51. The van der Waals surface area contributed by atoms with E-state index in [1.807, 2.05) is 95.3 Å². The van der Waals surface area contributed by atoms with Gasteiger partial charge in [0.1, 0.15) is 5.66 Å². The van der Waals surface area contributed by atoms with Gasteiger partial charge in [-0.1, -0.05) is 90.8 Å². The van der Waals surface area contributed by atoms with Crippen LogP contribution in [0.1, 0.15) is 79.9 Å². The third-order valence-electron chi connectivity index (χ3n) is 7.63. The molecule has 3 atom stereocenters. The standard InChI is InChI=1S/C18H21O3P.C18H23O3P/c1-5-15-8-6-7-9-16(15)22(20,21)18(19)17-13(3)10-12(2)11-14(17)4;1-5-21-22(19,20)18(16-9-7-6-8-10-16)17-14(3)11-13(2)12-15(17)4/h6-11H,5H2,1-4H3,(H,20,21);6-12,18H,5H2,1-4H3,(H,19,20). The van der Waals surface area contributed by atoms with Crippen LogP contribution in [0.2, 0.25) is 0 Å². The van der Waals surface area contributed by atoms with E-state index in [-0.39, 0.29) is 11.9 Å². The summed E-state index contributed by atoms with van der Waals surface area (Å²) in [5.41, 5.74) is 7.15. The van der Waals surface area contributed by atoms with Crippen molar-refractivity contribution < 1.29 is 28.2 Å². The van der Waals surface area contributed by atoms with Crippen LogP contribution in [0.4, 0.5) is 0 Å². The van der Waals surface area contributed by atoms with Crippen LogP contribution >= 0.6 is 15.0 Å². The third kappa shape index (κ3) is 7.93. The van der Waals surface area contributed by atoms with Gasteiger partial charge in [0, 0.05) is 10.9 Å². The number of rotatable bonds is 9. The first-order chi connectivity index (χ1) is 20.6. The van der Waals surface area contributed by atoms with Gasteiger partial charge < -0.3 is 14.3 Å². The predicted molar refractivity (Wildman–Crippen MR) is 181 cm³/mol. The molecule has 6 nitrogen and oxygen atoms in total. The van der Waals surface area contributed by atoms with Gasteiger partial charge in [0.25, 0.3) is 12.9 Å². The van der Waals surface area contributed by atoms with Gasteiger partial charge in [0.15, 0.2) is 0 Å². The molecule has 4 rings (SSSR count). The molecule has 3 unspecified atom stereocenters. The first-order valence-electron chi connectivity index (χ1n) is 14.8. The molecule has 2 N–H and O–H groups in total. The molecule has 44 heavy (non-hydrogen) atoms. The summed E-state index contributed by atoms with van der Waals surface area (Å²) in [6.07, 6.45) is 0.611. The van der Waals surface area contributed by atoms with Crippen molar-refractivity contribution >= 4 is 25.8 Å². The highest BCUT2D eigenvalue weighted by molar-refractivity contribution is 7.82. The molecule has 4 aromatic rings. The van der Waals surface area contributed by atoms with Crippen molar-refractivity contribution in [2.75, 3.05) is 6.61 Å². The van der Waals surface area contributed by atoms with Gasteiger partial charge >= 0.3 is 7.60 Å². The molecule has 0 aliphatic rings. The van der Waals surface area contributed by atoms with Gasteiger partial charge in [-0.05, 0) is 99.9 Å². The molecular formula is C36H44O6P2. The molecular weight excluding hydrogens is 590 g/mol. The van der Waals surface area contributed by atoms with Crippen LogP contribution in [0.25, 0.3) is 0 Å². The second-order valence-corrected chi connectivity index (χ2v) is 15.2. The maximum Gasteiger partial charge on any atom is 0.339 e. The molecule has 0 aromatic heterocycles. The average Bonchev–Trinajstić information content (AvgIpc) is 2.95. The van der Waals surface area contributed by atoms with E-state index in [0.717, 1.165) is 50.1 Å². The Labute approximate surface area is 262 Å². The Morgan fingerprint density at radius 2 is 1.20 bits per heavy atom. The summed E-state index contributed by atoms with van der Waals surface area (Å²) < 4.78 is 31.0. The van der Waals surface area contributed by atoms with Crippen LogP contribution in [0.3, 0.4) is 0 Å². The SMILES string of the molecule is CCOP(=O)(O)C(c1ccccc1)c1c(C)cc(C)cc1C.CCc1ccccc1P(=O)(O)C(=O)c1c(C)cc(C)cc1C. The monoisotopic (exact) mass is 634 g/mol. The molecule has 0 spiro atoms. The maximum absolute atomic E-state index is 12.9. The van der Waals surface area contributed by atoms with E-state index in [9.17, 15) is 23.7 Å². The van der Waals surface area contributed by atoms with E-state index >= 15 is 0 Å². The number of hydrogen-bond acceptors (Lipinski definition) is 4. The first kappa shape index (κ1) is 35.4. The van der Waals surface area contributed by atoms with Crippen LogP contribution < -0.4 is 5.30 Å². The summed E-state index contributed by atoms with van der Waals surface area (Å²) in [7, 11) is -7.94. The third-order valence-corrected chi connectivity index (χ3v) is 11.3. The van der Waals surface area contributed by atoms with Crippen molar-refractivity contribution in [1.82, 2.24) is 0 Å². The number of benzene rings is 4. The van der Waals surface area contributed by atoms with Crippen LogP contribution in [-0.4, -0.2) is 21.9 Å². The molecule has 0 bridgehead atoms. The Morgan fingerprint density at radius 1 is 0.727 bits per heavy atom. The minimum absolute atomic E-state index is 0.209. The van der Waals surface area contributed by atoms with Gasteiger partial charge in [-0.15, -0.1) is 0 Å². The van der Waals surface area contributed by atoms with Crippen molar-refractivity contribution in [3.8, 4) is 0 Å². The van der Waals surface area contributed by atoms with E-state index in [0.29, 0.717) is 12.0 Å². The Morgan fingerprint density at radius 3 is 1.70 bits per heavy atom. The molecule has 0 aliphatic heterocycles. The Kier molecular flexibility index (Phi) is 11.9. The van der Waals surface area contributed by atoms with Crippen molar-refractivity contribution in [2.24, 2.45) is 0 Å². The van der Waals surface area contributed by atoms with Crippen molar-refractivity contribution in [3.05, 3.63) is 134 Å². The quantitative estimate of drug-likeness (QED) is 0.179. The summed E-state index contributed by atoms with van der Waals surface area (Å²) in [6, 6.07) is 24.1. The predicted octanol–water partition coefficient (Wildman–Crippen LogP) is 8.83. The zero-order chi connectivity index (χ0) is 32.8. The highest BCUT2D eigenvalue weighted by atomic mass is 31.2. The van der Waals surface area contributed by atoms with Gasteiger partial charge in [-0.3, -0.25) is 13.9 Å². The summed E-state index contributed by atoms with van der Waals surface area (Å²) >= 11 is 0. The number of carbonyl (C=O) groups is 1. The number of aryl methyl sites for hydroxylation is 7. The van der Waals surface area contributed by atoms with Gasteiger partial charge in [0.2, 0.25) is 0 Å². The van der Waals surface area contributed by atoms with Crippen LogP contribution in [0, 0.1) is 41.5 Å². The minimum atomic E-state index is -4.12. The largest absolute Gasteiger partial charge is 0.339 e. The highest BCUT2D eigenvalue weighted by Gasteiger charge is 2.37. The van der Waals surface area contributed by atoms with Gasteiger partial charge in [0.05, 0.1) is 6.61 Å². The van der Waals surface area contributed by atoms with Crippen molar-refractivity contribution in [1.29, 1.82) is 0 Å². The summed E-state index contributed by atoms with van der Waals surface area (Å²) in [6.45, 7) is 15.4. The van der Waals surface area contributed by atoms with Gasteiger partial charge in [-0.2, -0.15) is 0 Å². The van der Waals surface area contributed by atoms with Crippen LogP contribution in [0.5, 0.6) is 0 Å². The summed E-state index contributed by atoms with van der Waals surface area (Å²) in [5, 5.41) is 0.252. The Hall–Kier alpha value is -3.11. The normalized spacial score (nSPS) is 14.5.